The van der Waals surface area contributed by atoms with Gasteiger partial charge in [-0.15, -0.1) is 0 Å². The summed E-state index contributed by atoms with van der Waals surface area (Å²) in [4.78, 5) is 11.6. The van der Waals surface area contributed by atoms with Crippen LogP contribution in [0.2, 0.25) is 0 Å². The molecule has 0 aromatic carbocycles. The second-order valence-corrected chi connectivity index (χ2v) is 5.34. The highest BCUT2D eigenvalue weighted by Crippen LogP contribution is 2.42. The zero-order valence-electron chi connectivity index (χ0n) is 9.73. The van der Waals surface area contributed by atoms with E-state index in [-0.39, 0.29) is 5.78 Å². The standard InChI is InChI=1S/C13H22O/c1-10(2)12(14)9-11-7-5-6-8-13(11,3)4/h11H,1,5-9H2,2-4H3. The maximum Gasteiger partial charge on any atom is 0.158 e. The predicted octanol–water partition coefficient (Wildman–Crippen LogP) is 3.74. The van der Waals surface area contributed by atoms with Gasteiger partial charge < -0.3 is 0 Å². The Morgan fingerprint density at radius 1 is 1.43 bits per heavy atom. The average molecular weight is 194 g/mol. The lowest BCUT2D eigenvalue weighted by Gasteiger charge is -2.38. The maximum absolute atomic E-state index is 11.6. The van der Waals surface area contributed by atoms with Gasteiger partial charge in [-0.3, -0.25) is 4.79 Å². The molecule has 14 heavy (non-hydrogen) atoms. The van der Waals surface area contributed by atoms with Gasteiger partial charge in [-0.05, 0) is 36.7 Å². The molecule has 0 radical (unpaired) electrons. The zero-order valence-corrected chi connectivity index (χ0v) is 9.73. The van der Waals surface area contributed by atoms with Crippen molar-refractivity contribution in [3.8, 4) is 0 Å². The summed E-state index contributed by atoms with van der Waals surface area (Å²) in [5.74, 6) is 0.824. The minimum Gasteiger partial charge on any atom is -0.295 e. The molecule has 0 aromatic rings. The van der Waals surface area contributed by atoms with E-state index in [1.54, 1.807) is 0 Å². The highest BCUT2D eigenvalue weighted by Gasteiger charge is 2.33. The molecule has 1 nitrogen and oxygen atoms in total. The van der Waals surface area contributed by atoms with Crippen molar-refractivity contribution in [3.05, 3.63) is 12.2 Å². The van der Waals surface area contributed by atoms with E-state index in [2.05, 4.69) is 20.4 Å². The van der Waals surface area contributed by atoms with Gasteiger partial charge in [-0.1, -0.05) is 33.3 Å². The van der Waals surface area contributed by atoms with Crippen molar-refractivity contribution < 1.29 is 4.79 Å². The predicted molar refractivity (Wildman–Crippen MR) is 60.2 cm³/mol. The SMILES string of the molecule is C=C(C)C(=O)CC1CCCCC1(C)C. The average Bonchev–Trinajstić information content (AvgIpc) is 2.08. The molecule has 0 N–H and O–H groups in total. The van der Waals surface area contributed by atoms with E-state index >= 15 is 0 Å². The molecule has 0 aliphatic heterocycles. The Balaban J connectivity index is 2.58. The minimum atomic E-state index is 0.255. The normalized spacial score (nSPS) is 25.8. The molecule has 80 valence electrons. The first-order valence-corrected chi connectivity index (χ1v) is 5.62. The van der Waals surface area contributed by atoms with Crippen LogP contribution in [0.5, 0.6) is 0 Å². The van der Waals surface area contributed by atoms with E-state index in [4.69, 9.17) is 0 Å². The molecule has 1 aliphatic rings. The third-order valence-corrected chi connectivity index (χ3v) is 3.64. The number of Topliss-reactive ketones (excluding diaryl/α,β-unsaturated/α-hetero) is 1. The highest BCUT2D eigenvalue weighted by molar-refractivity contribution is 5.94. The van der Waals surface area contributed by atoms with E-state index in [0.717, 1.165) is 0 Å². The van der Waals surface area contributed by atoms with Crippen LogP contribution in [0.15, 0.2) is 12.2 Å². The van der Waals surface area contributed by atoms with Crippen molar-refractivity contribution in [2.75, 3.05) is 0 Å². The Hall–Kier alpha value is -0.590. The number of ketones is 1. The fourth-order valence-electron chi connectivity index (χ4n) is 2.34. The molecule has 0 bridgehead atoms. The minimum absolute atomic E-state index is 0.255. The third kappa shape index (κ3) is 2.70. The van der Waals surface area contributed by atoms with E-state index in [1.807, 2.05) is 6.92 Å². The van der Waals surface area contributed by atoms with Crippen molar-refractivity contribution in [2.45, 2.75) is 52.9 Å². The number of hydrogen-bond acceptors (Lipinski definition) is 1. The number of carbonyl (C=O) groups excluding carboxylic acids is 1. The van der Waals surface area contributed by atoms with Crippen LogP contribution in [0.1, 0.15) is 52.9 Å². The topological polar surface area (TPSA) is 17.1 Å². The number of allylic oxidation sites excluding steroid dienone is 1. The fraction of sp³-hybridized carbons (Fsp3) is 0.769. The Kier molecular flexibility index (Phi) is 3.52. The first-order valence-electron chi connectivity index (χ1n) is 5.62. The summed E-state index contributed by atoms with van der Waals surface area (Å²) in [6, 6.07) is 0. The van der Waals surface area contributed by atoms with Crippen LogP contribution in [-0.4, -0.2) is 5.78 Å². The molecular weight excluding hydrogens is 172 g/mol. The summed E-state index contributed by atoms with van der Waals surface area (Å²) < 4.78 is 0. The van der Waals surface area contributed by atoms with Gasteiger partial charge in [0.25, 0.3) is 0 Å². The summed E-state index contributed by atoms with van der Waals surface area (Å²) in [5, 5.41) is 0. The van der Waals surface area contributed by atoms with E-state index in [1.165, 1.54) is 25.7 Å². The molecule has 0 aromatic heterocycles. The van der Waals surface area contributed by atoms with Gasteiger partial charge in [0, 0.05) is 6.42 Å². The van der Waals surface area contributed by atoms with E-state index in [9.17, 15) is 4.79 Å². The monoisotopic (exact) mass is 194 g/mol. The van der Waals surface area contributed by atoms with E-state index in [0.29, 0.717) is 23.3 Å². The van der Waals surface area contributed by atoms with Crippen molar-refractivity contribution in [1.29, 1.82) is 0 Å². The van der Waals surface area contributed by atoms with Crippen molar-refractivity contribution in [3.63, 3.8) is 0 Å². The molecule has 1 aliphatic carbocycles. The van der Waals surface area contributed by atoms with Crippen LogP contribution >= 0.6 is 0 Å². The molecule has 0 heterocycles. The first kappa shape index (κ1) is 11.5. The van der Waals surface area contributed by atoms with Crippen molar-refractivity contribution in [2.24, 2.45) is 11.3 Å². The van der Waals surface area contributed by atoms with Crippen molar-refractivity contribution in [1.82, 2.24) is 0 Å². The molecule has 0 spiro atoms. The van der Waals surface area contributed by atoms with Gasteiger partial charge >= 0.3 is 0 Å². The highest BCUT2D eigenvalue weighted by atomic mass is 16.1. The second-order valence-electron chi connectivity index (χ2n) is 5.34. The van der Waals surface area contributed by atoms with Gasteiger partial charge in [-0.25, -0.2) is 0 Å². The summed E-state index contributed by atoms with van der Waals surface area (Å²) in [5.41, 5.74) is 1.06. The Morgan fingerprint density at radius 3 is 2.57 bits per heavy atom. The number of carbonyl (C=O) groups is 1. The molecule has 0 saturated heterocycles. The lowest BCUT2D eigenvalue weighted by molar-refractivity contribution is -0.117. The zero-order chi connectivity index (χ0) is 10.8. The molecule has 1 unspecified atom stereocenters. The summed E-state index contributed by atoms with van der Waals surface area (Å²) in [6.45, 7) is 10.1. The summed E-state index contributed by atoms with van der Waals surface area (Å²) in [7, 11) is 0. The Bertz CT molecular complexity index is 238. The molecule has 1 saturated carbocycles. The quantitative estimate of drug-likeness (QED) is 0.625. The van der Waals surface area contributed by atoms with Crippen LogP contribution in [-0.2, 0) is 4.79 Å². The Morgan fingerprint density at radius 2 is 2.07 bits per heavy atom. The van der Waals surface area contributed by atoms with Crippen LogP contribution in [0.25, 0.3) is 0 Å². The molecule has 1 rings (SSSR count). The molecule has 1 atom stereocenters. The van der Waals surface area contributed by atoms with Gasteiger partial charge in [-0.2, -0.15) is 0 Å². The van der Waals surface area contributed by atoms with Crippen LogP contribution in [0.4, 0.5) is 0 Å². The number of rotatable bonds is 3. The summed E-state index contributed by atoms with van der Waals surface area (Å²) in [6.07, 6.45) is 5.80. The van der Waals surface area contributed by atoms with Crippen molar-refractivity contribution >= 4 is 5.78 Å². The van der Waals surface area contributed by atoms with E-state index < -0.39 is 0 Å². The number of hydrogen-bond donors (Lipinski definition) is 0. The largest absolute Gasteiger partial charge is 0.295 e. The second kappa shape index (κ2) is 4.29. The van der Waals surface area contributed by atoms with Gasteiger partial charge in [0.15, 0.2) is 5.78 Å². The van der Waals surface area contributed by atoms with Gasteiger partial charge in [0.05, 0.1) is 0 Å². The molecular formula is C13H22O. The van der Waals surface area contributed by atoms with Gasteiger partial charge in [0.1, 0.15) is 0 Å². The molecule has 0 amide bonds. The Labute approximate surface area is 87.6 Å². The van der Waals surface area contributed by atoms with Crippen LogP contribution < -0.4 is 0 Å². The maximum atomic E-state index is 11.6. The van der Waals surface area contributed by atoms with Crippen LogP contribution in [0.3, 0.4) is 0 Å². The summed E-state index contributed by atoms with van der Waals surface area (Å²) >= 11 is 0. The van der Waals surface area contributed by atoms with Gasteiger partial charge in [0.2, 0.25) is 0 Å². The molecule has 1 fully saturated rings. The smallest absolute Gasteiger partial charge is 0.158 e. The molecule has 1 heteroatoms. The lowest BCUT2D eigenvalue weighted by Crippen LogP contribution is -2.29. The lowest BCUT2D eigenvalue weighted by atomic mass is 9.67. The third-order valence-electron chi connectivity index (χ3n) is 3.64. The first-order chi connectivity index (χ1) is 6.43. The fourth-order valence-corrected chi connectivity index (χ4v) is 2.34. The van der Waals surface area contributed by atoms with Crippen LogP contribution in [0, 0.1) is 11.3 Å².